The number of anilines is 1. The summed E-state index contributed by atoms with van der Waals surface area (Å²) in [6.45, 7) is 3.36. The highest BCUT2D eigenvalue weighted by Gasteiger charge is 2.34. The van der Waals surface area contributed by atoms with Crippen LogP contribution in [0.3, 0.4) is 0 Å². The molecule has 0 bridgehead atoms. The van der Waals surface area contributed by atoms with Gasteiger partial charge in [-0.1, -0.05) is 30.3 Å². The Morgan fingerprint density at radius 3 is 2.77 bits per heavy atom. The number of rotatable bonds is 8. The Kier molecular flexibility index (Phi) is 6.68. The first-order chi connectivity index (χ1) is 12.6. The third-order valence-corrected chi connectivity index (χ3v) is 6.54. The molecule has 1 aliphatic rings. The maximum absolute atomic E-state index is 10.2. The molecule has 5 heteroatoms. The van der Waals surface area contributed by atoms with E-state index in [9.17, 15) is 5.11 Å². The van der Waals surface area contributed by atoms with E-state index in [1.165, 1.54) is 16.9 Å². The van der Waals surface area contributed by atoms with Crippen LogP contribution >= 0.6 is 11.3 Å². The van der Waals surface area contributed by atoms with Crippen molar-refractivity contribution in [3.8, 4) is 0 Å². The van der Waals surface area contributed by atoms with E-state index in [0.29, 0.717) is 6.61 Å². The smallest absolute Gasteiger partial charge is 0.185 e. The molecule has 3 rings (SSSR count). The van der Waals surface area contributed by atoms with Gasteiger partial charge in [-0.3, -0.25) is 4.90 Å². The molecule has 26 heavy (non-hydrogen) atoms. The SMILES string of the molecule is CN(C)c1ncc(CN2CCC[C@@](CO)(CCCc3ccccc3)C2)s1. The van der Waals surface area contributed by atoms with Crippen LogP contribution in [0.2, 0.25) is 0 Å². The lowest BCUT2D eigenvalue weighted by Crippen LogP contribution is -2.44. The van der Waals surface area contributed by atoms with Crippen LogP contribution in [0, 0.1) is 5.41 Å². The molecule has 0 radical (unpaired) electrons. The van der Waals surface area contributed by atoms with Gasteiger partial charge >= 0.3 is 0 Å². The van der Waals surface area contributed by atoms with Gasteiger partial charge in [0.2, 0.25) is 0 Å². The number of piperidine rings is 1. The van der Waals surface area contributed by atoms with E-state index >= 15 is 0 Å². The van der Waals surface area contributed by atoms with E-state index in [2.05, 4.69) is 45.1 Å². The highest BCUT2D eigenvalue weighted by atomic mass is 32.1. The zero-order valence-corrected chi connectivity index (χ0v) is 16.8. The summed E-state index contributed by atoms with van der Waals surface area (Å²) in [6.07, 6.45) is 7.66. The Morgan fingerprint density at radius 2 is 2.08 bits per heavy atom. The van der Waals surface area contributed by atoms with Crippen LogP contribution in [0.4, 0.5) is 5.13 Å². The predicted octanol–water partition coefficient (Wildman–Crippen LogP) is 3.81. The van der Waals surface area contributed by atoms with Crippen molar-refractivity contribution in [2.24, 2.45) is 5.41 Å². The molecule has 0 amide bonds. The van der Waals surface area contributed by atoms with Crippen molar-refractivity contribution in [3.05, 3.63) is 47.0 Å². The van der Waals surface area contributed by atoms with E-state index in [4.69, 9.17) is 0 Å². The van der Waals surface area contributed by atoms with Crippen LogP contribution < -0.4 is 4.90 Å². The molecule has 1 saturated heterocycles. The van der Waals surface area contributed by atoms with Crippen molar-refractivity contribution in [1.29, 1.82) is 0 Å². The monoisotopic (exact) mass is 373 g/mol. The van der Waals surface area contributed by atoms with Gasteiger partial charge in [0.1, 0.15) is 0 Å². The Labute approximate surface area is 161 Å². The molecule has 1 fully saturated rings. The minimum Gasteiger partial charge on any atom is -0.396 e. The minimum absolute atomic E-state index is 0.0576. The van der Waals surface area contributed by atoms with E-state index < -0.39 is 0 Å². The molecule has 2 aromatic rings. The fraction of sp³-hybridized carbons (Fsp3) is 0.571. The second-order valence-corrected chi connectivity index (χ2v) is 8.91. The summed E-state index contributed by atoms with van der Waals surface area (Å²) >= 11 is 1.77. The number of thiazole rings is 1. The van der Waals surface area contributed by atoms with Crippen LogP contribution in [-0.4, -0.2) is 48.8 Å². The summed E-state index contributed by atoms with van der Waals surface area (Å²) in [6, 6.07) is 10.7. The molecule has 1 aliphatic heterocycles. The normalized spacial score (nSPS) is 21.0. The number of aliphatic hydroxyl groups excluding tert-OH is 1. The lowest BCUT2D eigenvalue weighted by atomic mass is 9.76. The summed E-state index contributed by atoms with van der Waals surface area (Å²) in [5.74, 6) is 0. The zero-order chi connectivity index (χ0) is 18.4. The number of benzene rings is 1. The van der Waals surface area contributed by atoms with Crippen molar-refractivity contribution in [2.75, 3.05) is 38.7 Å². The van der Waals surface area contributed by atoms with Crippen LogP contribution in [0.1, 0.15) is 36.1 Å². The average Bonchev–Trinajstić information content (AvgIpc) is 3.12. The van der Waals surface area contributed by atoms with Crippen LogP contribution in [-0.2, 0) is 13.0 Å². The molecule has 1 atom stereocenters. The van der Waals surface area contributed by atoms with Gasteiger partial charge in [0, 0.05) is 50.3 Å². The lowest BCUT2D eigenvalue weighted by Gasteiger charge is -2.42. The number of hydrogen-bond acceptors (Lipinski definition) is 5. The number of likely N-dealkylation sites (tertiary alicyclic amines) is 1. The van der Waals surface area contributed by atoms with Gasteiger partial charge in [-0.05, 0) is 44.2 Å². The van der Waals surface area contributed by atoms with Gasteiger partial charge in [0.05, 0.1) is 0 Å². The summed E-state index contributed by atoms with van der Waals surface area (Å²) in [5.41, 5.74) is 1.45. The molecular weight excluding hydrogens is 342 g/mol. The maximum Gasteiger partial charge on any atom is 0.185 e. The zero-order valence-electron chi connectivity index (χ0n) is 16.0. The van der Waals surface area contributed by atoms with Crippen molar-refractivity contribution in [3.63, 3.8) is 0 Å². The van der Waals surface area contributed by atoms with E-state index in [0.717, 1.165) is 50.4 Å². The standard InChI is InChI=1S/C21H31N3OS/c1-23(2)20-22-14-19(26-20)15-24-13-7-12-21(16-24,17-25)11-6-10-18-8-4-3-5-9-18/h3-5,8-9,14,25H,6-7,10-13,15-17H2,1-2H3/t21-/m0/s1. The van der Waals surface area contributed by atoms with E-state index in [-0.39, 0.29) is 5.41 Å². The topological polar surface area (TPSA) is 39.6 Å². The van der Waals surface area contributed by atoms with Crippen molar-refractivity contribution in [2.45, 2.75) is 38.6 Å². The average molecular weight is 374 g/mol. The molecule has 0 saturated carbocycles. The van der Waals surface area contributed by atoms with Crippen LogP contribution in [0.25, 0.3) is 0 Å². The van der Waals surface area contributed by atoms with Gasteiger partial charge in [-0.2, -0.15) is 0 Å². The first-order valence-corrected chi connectivity index (χ1v) is 10.4. The van der Waals surface area contributed by atoms with Gasteiger partial charge in [-0.25, -0.2) is 4.98 Å². The summed E-state index contributed by atoms with van der Waals surface area (Å²) in [7, 11) is 4.07. The summed E-state index contributed by atoms with van der Waals surface area (Å²) in [4.78, 5) is 10.4. The predicted molar refractivity (Wildman–Crippen MR) is 110 cm³/mol. The van der Waals surface area contributed by atoms with Crippen molar-refractivity contribution in [1.82, 2.24) is 9.88 Å². The van der Waals surface area contributed by atoms with Crippen LogP contribution in [0.15, 0.2) is 36.5 Å². The molecule has 2 heterocycles. The number of aryl methyl sites for hydroxylation is 1. The second-order valence-electron chi connectivity index (χ2n) is 7.82. The fourth-order valence-corrected chi connectivity index (χ4v) is 4.84. The Balaban J connectivity index is 1.55. The molecule has 0 unspecified atom stereocenters. The van der Waals surface area contributed by atoms with E-state index in [1.807, 2.05) is 20.3 Å². The van der Waals surface area contributed by atoms with Gasteiger partial charge in [-0.15, -0.1) is 11.3 Å². The highest BCUT2D eigenvalue weighted by molar-refractivity contribution is 7.15. The molecular formula is C21H31N3OS. The molecule has 0 aliphatic carbocycles. The summed E-state index contributed by atoms with van der Waals surface area (Å²) < 4.78 is 0. The third kappa shape index (κ3) is 5.06. The number of aliphatic hydroxyl groups is 1. The van der Waals surface area contributed by atoms with Gasteiger partial charge in [0.15, 0.2) is 5.13 Å². The molecule has 4 nitrogen and oxygen atoms in total. The maximum atomic E-state index is 10.2. The Morgan fingerprint density at radius 1 is 1.27 bits per heavy atom. The number of nitrogens with zero attached hydrogens (tertiary/aromatic N) is 3. The quantitative estimate of drug-likeness (QED) is 0.764. The molecule has 1 N–H and O–H groups in total. The van der Waals surface area contributed by atoms with Crippen molar-refractivity contribution < 1.29 is 5.11 Å². The molecule has 0 spiro atoms. The highest BCUT2D eigenvalue weighted by Crippen LogP contribution is 2.36. The Bertz CT molecular complexity index is 673. The van der Waals surface area contributed by atoms with Crippen molar-refractivity contribution >= 4 is 16.5 Å². The first kappa shape index (κ1) is 19.3. The number of aromatic nitrogens is 1. The first-order valence-electron chi connectivity index (χ1n) is 9.59. The molecule has 1 aromatic carbocycles. The summed E-state index contributed by atoms with van der Waals surface area (Å²) in [5, 5.41) is 11.2. The van der Waals surface area contributed by atoms with Gasteiger partial charge in [0.25, 0.3) is 0 Å². The largest absolute Gasteiger partial charge is 0.396 e. The third-order valence-electron chi connectivity index (χ3n) is 5.39. The lowest BCUT2D eigenvalue weighted by molar-refractivity contribution is 0.0211. The van der Waals surface area contributed by atoms with E-state index in [1.54, 1.807) is 11.3 Å². The van der Waals surface area contributed by atoms with Crippen LogP contribution in [0.5, 0.6) is 0 Å². The van der Waals surface area contributed by atoms with Gasteiger partial charge < -0.3 is 10.0 Å². The number of hydrogen-bond donors (Lipinski definition) is 1. The Hall–Kier alpha value is -1.43. The second kappa shape index (κ2) is 8.98. The minimum atomic E-state index is 0.0576. The molecule has 1 aromatic heterocycles. The fourth-order valence-electron chi connectivity index (χ4n) is 3.97. The molecule has 142 valence electrons.